The van der Waals surface area contributed by atoms with Gasteiger partial charge >= 0.3 is 6.03 Å². The molecule has 0 spiro atoms. The first-order valence-corrected chi connectivity index (χ1v) is 12.7. The van der Waals surface area contributed by atoms with E-state index in [2.05, 4.69) is 20.6 Å². The van der Waals surface area contributed by atoms with Crippen LogP contribution in [0.5, 0.6) is 0 Å². The smallest absolute Gasteiger partial charge is 0.317 e. The van der Waals surface area contributed by atoms with Crippen LogP contribution in [0.15, 0.2) is 48.7 Å². The predicted molar refractivity (Wildman–Crippen MR) is 144 cm³/mol. The van der Waals surface area contributed by atoms with E-state index in [9.17, 15) is 9.59 Å². The van der Waals surface area contributed by atoms with Gasteiger partial charge in [0.1, 0.15) is 5.82 Å². The van der Waals surface area contributed by atoms with Gasteiger partial charge in [0.25, 0.3) is 5.91 Å². The number of benzene rings is 2. The summed E-state index contributed by atoms with van der Waals surface area (Å²) in [6.45, 7) is 7.39. The second kappa shape index (κ2) is 10.6. The van der Waals surface area contributed by atoms with Crippen molar-refractivity contribution in [3.8, 4) is 0 Å². The number of rotatable bonds is 5. The number of aryl methyl sites for hydroxylation is 2. The fourth-order valence-corrected chi connectivity index (χ4v) is 4.96. The van der Waals surface area contributed by atoms with E-state index in [1.165, 1.54) is 0 Å². The van der Waals surface area contributed by atoms with E-state index < -0.39 is 0 Å². The minimum absolute atomic E-state index is 0.0621. The van der Waals surface area contributed by atoms with Gasteiger partial charge in [0, 0.05) is 64.0 Å². The van der Waals surface area contributed by atoms with Crippen LogP contribution in [0, 0.1) is 6.92 Å². The molecule has 3 amide bonds. The molecule has 5 rings (SSSR count). The largest absolute Gasteiger partial charge is 0.338 e. The number of urea groups is 1. The lowest BCUT2D eigenvalue weighted by Gasteiger charge is -2.34. The van der Waals surface area contributed by atoms with Gasteiger partial charge < -0.3 is 26.2 Å². The van der Waals surface area contributed by atoms with Crippen molar-refractivity contribution in [3.63, 3.8) is 0 Å². The van der Waals surface area contributed by atoms with E-state index in [0.717, 1.165) is 53.5 Å². The highest BCUT2D eigenvalue weighted by Gasteiger charge is 2.27. The van der Waals surface area contributed by atoms with E-state index in [1.54, 1.807) is 15.8 Å². The Kier molecular flexibility index (Phi) is 7.11. The molecule has 0 saturated carbocycles. The summed E-state index contributed by atoms with van der Waals surface area (Å²) in [5.41, 5.74) is 10.8. The monoisotopic (exact) mass is 502 g/mol. The molecule has 194 valence electrons. The third kappa shape index (κ3) is 5.16. The molecule has 1 saturated heterocycles. The number of hydrogen-bond donors (Lipinski definition) is 3. The number of anilines is 3. The van der Waals surface area contributed by atoms with Crippen LogP contribution >= 0.6 is 0 Å². The lowest BCUT2D eigenvalue weighted by Crippen LogP contribution is -2.52. The zero-order chi connectivity index (χ0) is 25.9. The molecule has 37 heavy (non-hydrogen) atoms. The summed E-state index contributed by atoms with van der Waals surface area (Å²) in [6.07, 6.45) is 1.80. The number of para-hydroxylation sites is 2. The van der Waals surface area contributed by atoms with Crippen molar-refractivity contribution < 1.29 is 9.59 Å². The molecule has 1 aromatic heterocycles. The second-order valence-electron chi connectivity index (χ2n) is 9.59. The molecule has 0 aliphatic carbocycles. The number of nitrogens with two attached hydrogens (primary N) is 1. The molecule has 0 unspecified atom stereocenters. The van der Waals surface area contributed by atoms with Crippen LogP contribution in [0.4, 0.5) is 22.0 Å². The maximum Gasteiger partial charge on any atom is 0.317 e. The Hall–Kier alpha value is -3.89. The first kappa shape index (κ1) is 24.8. The number of piperazine rings is 1. The Labute approximate surface area is 217 Å². The normalized spacial score (nSPS) is 15.4. The third-order valence-corrected chi connectivity index (χ3v) is 7.16. The van der Waals surface area contributed by atoms with Crippen LogP contribution in [-0.2, 0) is 20.1 Å². The molecule has 0 bridgehead atoms. The molecule has 10 nitrogen and oxygen atoms in total. The quantitative estimate of drug-likeness (QED) is 0.494. The van der Waals surface area contributed by atoms with Crippen LogP contribution in [0.3, 0.4) is 0 Å². The zero-order valence-electron chi connectivity index (χ0n) is 21.4. The highest BCUT2D eigenvalue weighted by atomic mass is 16.2. The van der Waals surface area contributed by atoms with Crippen LogP contribution < -0.4 is 21.3 Å². The maximum absolute atomic E-state index is 13.7. The number of fused-ring (bicyclic) bond motifs is 2. The van der Waals surface area contributed by atoms with Gasteiger partial charge in [0.2, 0.25) is 0 Å². The molecule has 10 heteroatoms. The van der Waals surface area contributed by atoms with E-state index >= 15 is 0 Å². The van der Waals surface area contributed by atoms with E-state index in [0.29, 0.717) is 38.3 Å². The maximum atomic E-state index is 13.7. The predicted octanol–water partition coefficient (Wildman–Crippen LogP) is 2.42. The van der Waals surface area contributed by atoms with Gasteiger partial charge in [0.15, 0.2) is 0 Å². The van der Waals surface area contributed by atoms with Gasteiger partial charge in [-0.25, -0.2) is 4.79 Å². The average Bonchev–Trinajstić information content (AvgIpc) is 3.15. The van der Waals surface area contributed by atoms with Crippen LogP contribution in [0.2, 0.25) is 0 Å². The molecule has 0 radical (unpaired) electrons. The molecule has 2 aliphatic heterocycles. The summed E-state index contributed by atoms with van der Waals surface area (Å²) in [7, 11) is 1.88. The van der Waals surface area contributed by atoms with E-state index in [4.69, 9.17) is 5.73 Å². The molecule has 2 aromatic carbocycles. The minimum Gasteiger partial charge on any atom is -0.338 e. The zero-order valence-corrected chi connectivity index (χ0v) is 21.4. The van der Waals surface area contributed by atoms with Crippen molar-refractivity contribution in [1.29, 1.82) is 0 Å². The minimum atomic E-state index is -0.0833. The Balaban J connectivity index is 1.27. The summed E-state index contributed by atoms with van der Waals surface area (Å²) < 4.78 is 1.79. The number of nitrogens with one attached hydrogen (secondary N) is 2. The molecule has 3 heterocycles. The molecule has 0 atom stereocenters. The standard InChI is InChI=1S/C27H34N8O2/c1-19-15-20(7-8-21(19)16-29-27(37)34-13-11-33(10-9-28)12-14-34)26(36)35-18-22-17-30-32(2)25(22)31-23-5-3-4-6-24(23)35/h3-8,15,17,31H,9-14,16,18,28H2,1-2H3,(H,29,37). The van der Waals surface area contributed by atoms with Gasteiger partial charge in [-0.3, -0.25) is 14.4 Å². The number of amides is 3. The summed E-state index contributed by atoms with van der Waals surface area (Å²) in [5.74, 6) is 0.797. The van der Waals surface area contributed by atoms with Crippen molar-refractivity contribution >= 4 is 29.1 Å². The molecule has 4 N–H and O–H groups in total. The van der Waals surface area contributed by atoms with Crippen LogP contribution in [0.25, 0.3) is 0 Å². The Morgan fingerprint density at radius 2 is 1.89 bits per heavy atom. The fraction of sp³-hybridized carbons (Fsp3) is 0.370. The lowest BCUT2D eigenvalue weighted by molar-refractivity contribution is 0.0985. The number of aromatic nitrogens is 2. The molecule has 1 fully saturated rings. The average molecular weight is 503 g/mol. The first-order valence-electron chi connectivity index (χ1n) is 12.7. The van der Waals surface area contributed by atoms with Crippen molar-refractivity contribution in [2.45, 2.75) is 20.0 Å². The van der Waals surface area contributed by atoms with Crippen molar-refractivity contribution in [2.24, 2.45) is 12.8 Å². The topological polar surface area (TPSA) is 112 Å². The Morgan fingerprint density at radius 3 is 2.65 bits per heavy atom. The lowest BCUT2D eigenvalue weighted by atomic mass is 10.0. The van der Waals surface area contributed by atoms with Crippen LogP contribution in [0.1, 0.15) is 27.0 Å². The number of carbonyl (C=O) groups excluding carboxylic acids is 2. The summed E-state index contributed by atoms with van der Waals surface area (Å²) in [4.78, 5) is 32.3. The van der Waals surface area contributed by atoms with Crippen molar-refractivity contribution in [2.75, 3.05) is 49.5 Å². The van der Waals surface area contributed by atoms with Gasteiger partial charge in [-0.05, 0) is 42.3 Å². The summed E-state index contributed by atoms with van der Waals surface area (Å²) >= 11 is 0. The molecular weight excluding hydrogens is 468 g/mol. The van der Waals surface area contributed by atoms with Gasteiger partial charge in [-0.1, -0.05) is 18.2 Å². The third-order valence-electron chi connectivity index (χ3n) is 7.16. The van der Waals surface area contributed by atoms with E-state index in [1.807, 2.05) is 61.3 Å². The van der Waals surface area contributed by atoms with Gasteiger partial charge in [-0.15, -0.1) is 0 Å². The first-order chi connectivity index (χ1) is 17.9. The summed E-state index contributed by atoms with van der Waals surface area (Å²) in [5, 5.41) is 10.8. The van der Waals surface area contributed by atoms with E-state index in [-0.39, 0.29) is 11.9 Å². The fourth-order valence-electron chi connectivity index (χ4n) is 4.96. The Bertz CT molecular complexity index is 1300. The number of nitrogens with zero attached hydrogens (tertiary/aromatic N) is 5. The van der Waals surface area contributed by atoms with Crippen molar-refractivity contribution in [1.82, 2.24) is 24.9 Å². The molecule has 3 aromatic rings. The van der Waals surface area contributed by atoms with Crippen molar-refractivity contribution in [3.05, 3.63) is 70.9 Å². The van der Waals surface area contributed by atoms with Gasteiger partial charge in [-0.2, -0.15) is 5.10 Å². The molecular formula is C27H34N8O2. The van der Waals surface area contributed by atoms with Gasteiger partial charge in [0.05, 0.1) is 24.1 Å². The molecule has 2 aliphatic rings. The second-order valence-corrected chi connectivity index (χ2v) is 9.59. The summed E-state index contributed by atoms with van der Waals surface area (Å²) in [6, 6.07) is 13.4. The number of hydrogen-bond acceptors (Lipinski definition) is 6. The number of carbonyl (C=O) groups is 2. The highest BCUT2D eigenvalue weighted by molar-refractivity contribution is 6.08. The SMILES string of the molecule is Cc1cc(C(=O)N2Cc3cnn(C)c3Nc3ccccc32)ccc1CNC(=O)N1CCN(CCN)CC1. The van der Waals surface area contributed by atoms with Crippen LogP contribution in [-0.4, -0.2) is 70.8 Å². The Morgan fingerprint density at radius 1 is 1.11 bits per heavy atom. The highest BCUT2D eigenvalue weighted by Crippen LogP contribution is 2.36.